The number of nitrogens with zero attached hydrogens (tertiary/aromatic N) is 1. The zero-order valence-corrected chi connectivity index (χ0v) is 14.2. The van der Waals surface area contributed by atoms with Crippen molar-refractivity contribution in [2.24, 2.45) is 0 Å². The molecule has 1 saturated heterocycles. The SMILES string of the molecule is CSCS(=O)OC1CCN(C(=O)OCc2ccccc2)CC1. The third-order valence-electron chi connectivity index (χ3n) is 3.36. The van der Waals surface area contributed by atoms with Crippen LogP contribution >= 0.6 is 11.8 Å². The fraction of sp³-hybridized carbons (Fsp3) is 0.533. The fourth-order valence-electron chi connectivity index (χ4n) is 2.22. The van der Waals surface area contributed by atoms with Crippen LogP contribution in [0.15, 0.2) is 30.3 Å². The number of carbonyl (C=O) groups excluding carboxylic acids is 1. The zero-order valence-electron chi connectivity index (χ0n) is 12.6. The minimum atomic E-state index is -1.24. The molecule has 0 aliphatic carbocycles. The van der Waals surface area contributed by atoms with Crippen molar-refractivity contribution in [3.05, 3.63) is 35.9 Å². The molecular formula is C15H21NO4S2. The molecule has 1 amide bonds. The summed E-state index contributed by atoms with van der Waals surface area (Å²) in [6.07, 6.45) is 2.95. The van der Waals surface area contributed by atoms with Crippen molar-refractivity contribution in [1.29, 1.82) is 0 Å². The maximum Gasteiger partial charge on any atom is 0.410 e. The summed E-state index contributed by atoms with van der Waals surface area (Å²) in [7, 11) is 0. The van der Waals surface area contributed by atoms with Gasteiger partial charge in [0.15, 0.2) is 11.1 Å². The van der Waals surface area contributed by atoms with Crippen LogP contribution in [0.5, 0.6) is 0 Å². The van der Waals surface area contributed by atoms with Gasteiger partial charge in [-0.25, -0.2) is 9.00 Å². The van der Waals surface area contributed by atoms with Gasteiger partial charge in [-0.2, -0.15) is 0 Å². The minimum Gasteiger partial charge on any atom is -0.445 e. The molecule has 7 heteroatoms. The lowest BCUT2D eigenvalue weighted by Crippen LogP contribution is -2.41. The van der Waals surface area contributed by atoms with Gasteiger partial charge in [0.25, 0.3) is 0 Å². The second-order valence-electron chi connectivity index (χ2n) is 5.03. The molecule has 122 valence electrons. The third-order valence-corrected chi connectivity index (χ3v) is 5.56. The minimum absolute atomic E-state index is 0.0360. The van der Waals surface area contributed by atoms with Crippen LogP contribution in [-0.4, -0.2) is 45.7 Å². The molecular weight excluding hydrogens is 322 g/mol. The van der Waals surface area contributed by atoms with Crippen LogP contribution < -0.4 is 0 Å². The first-order valence-corrected chi connectivity index (χ1v) is 9.83. The maximum atomic E-state index is 12.0. The first-order chi connectivity index (χ1) is 10.7. The molecule has 0 radical (unpaired) electrons. The van der Waals surface area contributed by atoms with Crippen molar-refractivity contribution in [3.8, 4) is 0 Å². The van der Waals surface area contributed by atoms with Crippen LogP contribution in [0.3, 0.4) is 0 Å². The summed E-state index contributed by atoms with van der Waals surface area (Å²) in [6, 6.07) is 9.61. The van der Waals surface area contributed by atoms with E-state index in [1.807, 2.05) is 36.6 Å². The van der Waals surface area contributed by atoms with Crippen molar-refractivity contribution in [1.82, 2.24) is 4.90 Å². The number of hydrogen-bond donors (Lipinski definition) is 0. The lowest BCUT2D eigenvalue weighted by atomic mass is 10.1. The van der Waals surface area contributed by atoms with E-state index in [2.05, 4.69) is 0 Å². The smallest absolute Gasteiger partial charge is 0.410 e. The predicted octanol–water partition coefficient (Wildman–Crippen LogP) is 2.79. The highest BCUT2D eigenvalue weighted by Crippen LogP contribution is 2.17. The van der Waals surface area contributed by atoms with Gasteiger partial charge in [-0.05, 0) is 24.7 Å². The van der Waals surface area contributed by atoms with E-state index in [1.165, 1.54) is 11.8 Å². The van der Waals surface area contributed by atoms with E-state index in [0.717, 1.165) is 5.56 Å². The van der Waals surface area contributed by atoms with Crippen molar-refractivity contribution in [2.45, 2.75) is 25.6 Å². The Labute approximate surface area is 138 Å². The Morgan fingerprint density at radius 2 is 2.00 bits per heavy atom. The number of rotatable bonds is 6. The molecule has 0 bridgehead atoms. The molecule has 22 heavy (non-hydrogen) atoms. The van der Waals surface area contributed by atoms with Crippen LogP contribution in [0.2, 0.25) is 0 Å². The Hall–Kier alpha value is -1.05. The van der Waals surface area contributed by atoms with E-state index < -0.39 is 11.1 Å². The fourth-order valence-corrected chi connectivity index (χ4v) is 3.71. The number of thioether (sulfide) groups is 1. The molecule has 0 N–H and O–H groups in total. The van der Waals surface area contributed by atoms with Gasteiger partial charge in [-0.15, -0.1) is 11.8 Å². The van der Waals surface area contributed by atoms with Gasteiger partial charge in [-0.3, -0.25) is 4.18 Å². The van der Waals surface area contributed by atoms with Gasteiger partial charge in [0, 0.05) is 13.1 Å². The summed E-state index contributed by atoms with van der Waals surface area (Å²) in [5.41, 5.74) is 0.974. The van der Waals surface area contributed by atoms with Crippen molar-refractivity contribution >= 4 is 28.9 Å². The first kappa shape index (κ1) is 17.3. The van der Waals surface area contributed by atoms with E-state index in [9.17, 15) is 9.00 Å². The molecule has 1 aliphatic rings. The topological polar surface area (TPSA) is 55.8 Å². The van der Waals surface area contributed by atoms with Crippen LogP contribution in [0.4, 0.5) is 4.79 Å². The highest BCUT2D eigenvalue weighted by Gasteiger charge is 2.25. The monoisotopic (exact) mass is 343 g/mol. The molecule has 1 aliphatic heterocycles. The predicted molar refractivity (Wildman–Crippen MR) is 88.8 cm³/mol. The highest BCUT2D eigenvalue weighted by molar-refractivity contribution is 8.08. The van der Waals surface area contributed by atoms with Crippen molar-refractivity contribution in [3.63, 3.8) is 0 Å². The molecule has 5 nitrogen and oxygen atoms in total. The van der Waals surface area contributed by atoms with E-state index in [0.29, 0.717) is 31.0 Å². The Morgan fingerprint density at radius 3 is 2.64 bits per heavy atom. The summed E-state index contributed by atoms with van der Waals surface area (Å²) in [5, 5.41) is 0.485. The average molecular weight is 343 g/mol. The third kappa shape index (κ3) is 5.62. The Bertz CT molecular complexity index is 490. The normalized spacial score (nSPS) is 17.2. The van der Waals surface area contributed by atoms with Gasteiger partial charge < -0.3 is 9.64 Å². The molecule has 1 fully saturated rings. The number of piperidine rings is 1. The molecule has 0 spiro atoms. The van der Waals surface area contributed by atoms with Crippen molar-refractivity contribution < 1.29 is 17.9 Å². The lowest BCUT2D eigenvalue weighted by molar-refractivity contribution is 0.0677. The molecule has 0 saturated carbocycles. The Morgan fingerprint density at radius 1 is 1.32 bits per heavy atom. The first-order valence-electron chi connectivity index (χ1n) is 7.19. The number of hydrogen-bond acceptors (Lipinski definition) is 5. The number of ether oxygens (including phenoxy) is 1. The van der Waals surface area contributed by atoms with E-state index in [-0.39, 0.29) is 18.8 Å². The van der Waals surface area contributed by atoms with Gasteiger partial charge in [0.05, 0.1) is 11.2 Å². The highest BCUT2D eigenvalue weighted by atomic mass is 32.2. The van der Waals surface area contributed by atoms with E-state index >= 15 is 0 Å². The summed E-state index contributed by atoms with van der Waals surface area (Å²) in [5.74, 6) is 0. The molecule has 1 atom stereocenters. The molecule has 1 heterocycles. The molecule has 0 aromatic heterocycles. The largest absolute Gasteiger partial charge is 0.445 e. The number of amides is 1. The summed E-state index contributed by atoms with van der Waals surface area (Å²) < 4.78 is 22.3. The average Bonchev–Trinajstić information content (AvgIpc) is 2.54. The number of benzene rings is 1. The van der Waals surface area contributed by atoms with E-state index in [1.54, 1.807) is 4.90 Å². The van der Waals surface area contributed by atoms with Crippen LogP contribution in [0.25, 0.3) is 0 Å². The number of carbonyl (C=O) groups is 1. The summed E-state index contributed by atoms with van der Waals surface area (Å²) in [4.78, 5) is 13.7. The van der Waals surface area contributed by atoms with Gasteiger partial charge in [-0.1, -0.05) is 30.3 Å². The number of likely N-dealkylation sites (tertiary alicyclic amines) is 1. The zero-order chi connectivity index (χ0) is 15.8. The second-order valence-corrected chi connectivity index (χ2v) is 7.35. The quantitative estimate of drug-likeness (QED) is 0.795. The lowest BCUT2D eigenvalue weighted by Gasteiger charge is -2.30. The molecule has 2 rings (SSSR count). The molecule has 1 unspecified atom stereocenters. The second kappa shape index (κ2) is 9.17. The Kier molecular flexibility index (Phi) is 7.21. The maximum absolute atomic E-state index is 12.0. The molecule has 1 aromatic carbocycles. The molecule has 1 aromatic rings. The summed E-state index contributed by atoms with van der Waals surface area (Å²) >= 11 is 0.259. The van der Waals surface area contributed by atoms with Crippen LogP contribution in [0, 0.1) is 0 Å². The summed E-state index contributed by atoms with van der Waals surface area (Å²) in [6.45, 7) is 1.44. The van der Waals surface area contributed by atoms with Crippen LogP contribution in [0.1, 0.15) is 18.4 Å². The van der Waals surface area contributed by atoms with Gasteiger partial charge >= 0.3 is 6.09 Å². The van der Waals surface area contributed by atoms with E-state index in [4.69, 9.17) is 8.92 Å². The van der Waals surface area contributed by atoms with Gasteiger partial charge in [0.2, 0.25) is 0 Å². The Balaban J connectivity index is 1.69. The van der Waals surface area contributed by atoms with Crippen molar-refractivity contribution in [2.75, 3.05) is 24.4 Å². The standard InChI is InChI=1S/C15H21NO4S2/c1-21-12-22(18)20-14-7-9-16(10-8-14)15(17)19-11-13-5-3-2-4-6-13/h2-6,14H,7-12H2,1H3. The van der Waals surface area contributed by atoms with Gasteiger partial charge in [0.1, 0.15) is 6.61 Å². The van der Waals surface area contributed by atoms with Crippen LogP contribution in [-0.2, 0) is 26.6 Å².